The summed E-state index contributed by atoms with van der Waals surface area (Å²) in [7, 11) is -9.07. The van der Waals surface area contributed by atoms with Crippen LogP contribution in [0.2, 0.25) is 57.9 Å². The van der Waals surface area contributed by atoms with Gasteiger partial charge in [-0.1, -0.05) is 0 Å². The van der Waals surface area contributed by atoms with Crippen LogP contribution in [-0.4, -0.2) is 63.8 Å². The number of rotatable bonds is 15. The molecule has 0 unspecified atom stereocenters. The molecule has 0 bridgehead atoms. The number of hydrogen-bond acceptors (Lipinski definition) is 6. The third kappa shape index (κ3) is 11.0. The molecule has 0 aromatic rings. The summed E-state index contributed by atoms with van der Waals surface area (Å²) in [6.07, 6.45) is 0. The van der Waals surface area contributed by atoms with E-state index in [2.05, 4.69) is 45.8 Å². The van der Waals surface area contributed by atoms with Crippen molar-refractivity contribution in [3.8, 4) is 0 Å². The molecule has 0 heterocycles. The van der Waals surface area contributed by atoms with Gasteiger partial charge in [0.25, 0.3) is 0 Å². The van der Waals surface area contributed by atoms with E-state index >= 15 is 0 Å². The van der Waals surface area contributed by atoms with Crippen LogP contribution in [-0.2, 0) is 25.6 Å². The molecule has 0 aliphatic rings. The van der Waals surface area contributed by atoms with Crippen LogP contribution < -0.4 is 0 Å². The smallest absolute Gasteiger partial charge is 0.417 e. The van der Waals surface area contributed by atoms with Gasteiger partial charge < -0.3 is 25.6 Å². The summed E-state index contributed by atoms with van der Waals surface area (Å²) in [5.74, 6) is 0. The van der Waals surface area contributed by atoms with Gasteiger partial charge in [0.1, 0.15) is 0 Å². The Morgan fingerprint density at radius 1 is 0.654 bits per heavy atom. The average Bonchev–Trinajstić information content (AvgIpc) is 2.43. The van der Waals surface area contributed by atoms with E-state index in [-0.39, 0.29) is 0 Å². The summed E-state index contributed by atoms with van der Waals surface area (Å²) in [4.78, 5) is 0. The van der Waals surface area contributed by atoms with E-state index in [1.54, 1.807) is 0 Å². The van der Waals surface area contributed by atoms with Gasteiger partial charge in [0.05, 0.1) is 0 Å². The van der Waals surface area contributed by atoms with Crippen LogP contribution in [0.3, 0.4) is 0 Å². The molecule has 11 heteroatoms. The van der Waals surface area contributed by atoms with Crippen LogP contribution in [0, 0.1) is 0 Å². The molecule has 0 aliphatic heterocycles. The quantitative estimate of drug-likeness (QED) is 0.341. The number of hydrogen-bond donors (Lipinski definition) is 0. The zero-order chi connectivity index (χ0) is 20.4. The molecule has 2 radical (unpaired) electrons. The van der Waals surface area contributed by atoms with Crippen molar-refractivity contribution < 1.29 is 25.6 Å². The summed E-state index contributed by atoms with van der Waals surface area (Å²) >= 11 is 0. The van der Waals surface area contributed by atoms with E-state index in [4.69, 9.17) is 25.6 Å². The monoisotopic (exact) mass is 456 g/mol. The Bertz CT molecular complexity index is 357. The summed E-state index contributed by atoms with van der Waals surface area (Å²) in [5.41, 5.74) is 0. The van der Waals surface area contributed by atoms with E-state index < -0.39 is 44.0 Å². The molecule has 0 aromatic heterocycles. The average molecular weight is 457 g/mol. The predicted molar refractivity (Wildman–Crippen MR) is 118 cm³/mol. The molecule has 0 rings (SSSR count). The lowest BCUT2D eigenvalue weighted by Crippen LogP contribution is -2.55. The predicted octanol–water partition coefficient (Wildman–Crippen LogP) is 4.36. The molecule has 0 amide bonds. The van der Waals surface area contributed by atoms with Crippen molar-refractivity contribution in [1.82, 2.24) is 0 Å². The third-order valence-electron chi connectivity index (χ3n) is 3.37. The minimum Gasteiger partial charge on any atom is -0.417 e. The van der Waals surface area contributed by atoms with Crippen molar-refractivity contribution in [3.05, 3.63) is 0 Å². The van der Waals surface area contributed by atoms with Gasteiger partial charge in [-0.15, -0.1) is 0 Å². The largest absolute Gasteiger partial charge is 0.500 e. The van der Waals surface area contributed by atoms with Gasteiger partial charge in [0.2, 0.25) is 0 Å². The van der Waals surface area contributed by atoms with E-state index in [0.717, 1.165) is 12.1 Å². The van der Waals surface area contributed by atoms with Crippen LogP contribution in [0.4, 0.5) is 0 Å². The summed E-state index contributed by atoms with van der Waals surface area (Å²) in [5, 5.41) is 0. The molecule has 0 spiro atoms. The molecule has 0 aliphatic carbocycles. The van der Waals surface area contributed by atoms with E-state index in [0.29, 0.717) is 19.8 Å². The molecule has 6 nitrogen and oxygen atoms in total. The zero-order valence-corrected chi connectivity index (χ0v) is 23.5. The first kappa shape index (κ1) is 26.8. The van der Waals surface area contributed by atoms with Crippen molar-refractivity contribution in [2.45, 2.75) is 78.7 Å². The lowest BCUT2D eigenvalue weighted by molar-refractivity contribution is 0.0722. The Morgan fingerprint density at radius 2 is 1.04 bits per heavy atom. The fourth-order valence-corrected chi connectivity index (χ4v) is 20.4. The van der Waals surface area contributed by atoms with Gasteiger partial charge in [0.15, 0.2) is 26.4 Å². The molecule has 156 valence electrons. The molecule has 0 saturated carbocycles. The van der Waals surface area contributed by atoms with Gasteiger partial charge in [-0.05, 0) is 66.1 Å². The first-order valence-corrected chi connectivity index (χ1v) is 21.6. The van der Waals surface area contributed by atoms with Crippen molar-refractivity contribution in [2.24, 2.45) is 0 Å². The summed E-state index contributed by atoms with van der Waals surface area (Å²) in [6.45, 7) is 22.8. The van der Waals surface area contributed by atoms with E-state index in [1.165, 1.54) is 0 Å². The normalized spacial score (nSPS) is 13.8. The van der Waals surface area contributed by atoms with Crippen LogP contribution in [0.1, 0.15) is 20.8 Å². The van der Waals surface area contributed by atoms with Gasteiger partial charge in [-0.2, -0.15) is 0 Å². The highest BCUT2D eigenvalue weighted by Gasteiger charge is 2.46. The lowest BCUT2D eigenvalue weighted by Gasteiger charge is -2.38. The maximum atomic E-state index is 6.62. The fraction of sp³-hybridized carbons (Fsp3) is 1.00. The van der Waals surface area contributed by atoms with Gasteiger partial charge >= 0.3 is 17.6 Å². The van der Waals surface area contributed by atoms with Crippen LogP contribution >= 0.6 is 0 Å². The Morgan fingerprint density at radius 3 is 1.35 bits per heavy atom. The maximum Gasteiger partial charge on any atom is 0.500 e. The Hall–Kier alpha value is 0.844. The first-order valence-electron chi connectivity index (χ1n) is 9.53. The minimum atomic E-state index is -2.64. The van der Waals surface area contributed by atoms with Crippen molar-refractivity contribution >= 4 is 44.0 Å². The van der Waals surface area contributed by atoms with E-state index in [1.807, 2.05) is 20.8 Å². The van der Waals surface area contributed by atoms with Crippen LogP contribution in [0.5, 0.6) is 0 Å². The SMILES string of the molecule is CCO[Si](CC[Si](C)(C)O[Si](C)(O[Si](C)C)O[Si](C)C)(OCC)OCC. The van der Waals surface area contributed by atoms with Crippen molar-refractivity contribution in [2.75, 3.05) is 19.8 Å². The molecule has 0 atom stereocenters. The van der Waals surface area contributed by atoms with Crippen LogP contribution in [0.15, 0.2) is 0 Å². The molecule has 0 aromatic carbocycles. The second kappa shape index (κ2) is 12.4. The highest BCUT2D eigenvalue weighted by molar-refractivity contribution is 6.85. The second-order valence-electron chi connectivity index (χ2n) is 7.23. The Labute approximate surface area is 168 Å². The molecule has 26 heavy (non-hydrogen) atoms. The minimum absolute atomic E-state index is 0.600. The fourth-order valence-electron chi connectivity index (χ4n) is 2.81. The van der Waals surface area contributed by atoms with Crippen molar-refractivity contribution in [3.63, 3.8) is 0 Å². The zero-order valence-electron chi connectivity index (χ0n) is 18.5. The maximum absolute atomic E-state index is 6.62. The lowest BCUT2D eigenvalue weighted by atomic mass is 10.9. The highest BCUT2D eigenvalue weighted by atomic mass is 28.5. The Balaban J connectivity index is 5.15. The summed E-state index contributed by atoms with van der Waals surface area (Å²) in [6, 6.07) is 1.68. The molecule has 0 N–H and O–H groups in total. The van der Waals surface area contributed by atoms with Gasteiger partial charge in [0, 0.05) is 32.4 Å². The summed E-state index contributed by atoms with van der Waals surface area (Å²) < 4.78 is 37.0. The van der Waals surface area contributed by atoms with Gasteiger partial charge in [-0.3, -0.25) is 0 Å². The molecule has 0 saturated heterocycles. The van der Waals surface area contributed by atoms with E-state index in [9.17, 15) is 0 Å². The standard InChI is InChI=1S/C15H40O6Si5/c1-11-16-26(17-12-2,18-13-3)15-14-24(8,9)21-25(10,19-22(4)5)20-23(6)7/h11-15H2,1-10H3. The first-order chi connectivity index (χ1) is 11.9. The Kier molecular flexibility index (Phi) is 12.8. The van der Waals surface area contributed by atoms with Crippen molar-refractivity contribution in [1.29, 1.82) is 0 Å². The van der Waals surface area contributed by atoms with Crippen LogP contribution in [0.25, 0.3) is 0 Å². The second-order valence-corrected chi connectivity index (χ2v) is 21.8. The molecular formula is C15H40O6Si5. The highest BCUT2D eigenvalue weighted by Crippen LogP contribution is 2.28. The van der Waals surface area contributed by atoms with Gasteiger partial charge in [-0.25, -0.2) is 0 Å². The third-order valence-corrected chi connectivity index (χ3v) is 18.3. The molecular weight excluding hydrogens is 417 g/mol. The topological polar surface area (TPSA) is 55.4 Å². The molecule has 0 fully saturated rings.